The van der Waals surface area contributed by atoms with Crippen LogP contribution in [0.15, 0.2) is 225 Å². The Labute approximate surface area is 352 Å². The molecule has 0 saturated heterocycles. The van der Waals surface area contributed by atoms with E-state index in [0.29, 0.717) is 0 Å². The third kappa shape index (κ3) is 6.40. The maximum atomic E-state index is 4.54. The molecule has 10 aromatic rings. The maximum Gasteiger partial charge on any atom is 0.0541 e. The van der Waals surface area contributed by atoms with Gasteiger partial charge in [-0.05, 0) is 128 Å². The summed E-state index contributed by atoms with van der Waals surface area (Å²) in [6.07, 6.45) is 0. The number of nitrogens with zero attached hydrogens (tertiary/aromatic N) is 2. The lowest BCUT2D eigenvalue weighted by atomic mass is 9.99. The van der Waals surface area contributed by atoms with Crippen molar-refractivity contribution in [3.63, 3.8) is 0 Å². The van der Waals surface area contributed by atoms with Crippen molar-refractivity contribution in [2.75, 3.05) is 4.90 Å². The number of anilines is 3. The van der Waals surface area contributed by atoms with Crippen molar-refractivity contribution in [2.24, 2.45) is 0 Å². The van der Waals surface area contributed by atoms with Gasteiger partial charge in [-0.25, -0.2) is 0 Å². The Morgan fingerprint density at radius 1 is 0.333 bits per heavy atom. The van der Waals surface area contributed by atoms with Crippen LogP contribution in [-0.2, 0) is 0 Å². The Kier molecular flexibility index (Phi) is 9.52. The Balaban J connectivity index is 0.00000213. The van der Waals surface area contributed by atoms with Crippen molar-refractivity contribution >= 4 is 44.4 Å². The van der Waals surface area contributed by atoms with Crippen LogP contribution in [0.2, 0.25) is 0 Å². The summed E-state index contributed by atoms with van der Waals surface area (Å²) in [7, 11) is 0. The summed E-state index contributed by atoms with van der Waals surface area (Å²) in [5.41, 5.74) is 20.0. The maximum absolute atomic E-state index is 4.54. The standard InChI is InChI=1S/C56H38N2.C2H6/c1-38-49-16-8-9-17-50(49)51-34-33-48(37-53(38)51)57(46-29-24-42(25-30-46)41-22-20-40(21-23-41)39-12-4-2-5-13-39)47-31-26-43(27-32-47)44-28-35-56-54(36-44)52-18-10-11-19-55(52)58(56)45-14-6-3-7-15-45;1-2/h2-37H,1H2;1-2H3. The fraction of sp³-hybridized carbons (Fsp3) is 0.0345. The minimum Gasteiger partial charge on any atom is -0.310 e. The van der Waals surface area contributed by atoms with Crippen molar-refractivity contribution in [1.82, 2.24) is 4.57 Å². The lowest BCUT2D eigenvalue weighted by molar-refractivity contribution is 1.18. The van der Waals surface area contributed by atoms with E-state index in [1.165, 1.54) is 83.1 Å². The van der Waals surface area contributed by atoms with Gasteiger partial charge in [0.25, 0.3) is 0 Å². The largest absolute Gasteiger partial charge is 0.310 e. The zero-order valence-electron chi connectivity index (χ0n) is 33.9. The molecule has 0 saturated carbocycles. The molecule has 0 aliphatic heterocycles. The molecule has 0 unspecified atom stereocenters. The predicted molar refractivity (Wildman–Crippen MR) is 257 cm³/mol. The van der Waals surface area contributed by atoms with E-state index >= 15 is 0 Å². The van der Waals surface area contributed by atoms with Gasteiger partial charge in [0, 0.05) is 33.5 Å². The summed E-state index contributed by atoms with van der Waals surface area (Å²) >= 11 is 0. The van der Waals surface area contributed by atoms with Crippen LogP contribution in [0.4, 0.5) is 17.1 Å². The zero-order chi connectivity index (χ0) is 40.6. The van der Waals surface area contributed by atoms with Crippen molar-refractivity contribution in [2.45, 2.75) is 13.8 Å². The van der Waals surface area contributed by atoms with Crippen molar-refractivity contribution in [3.8, 4) is 50.2 Å². The topological polar surface area (TPSA) is 8.17 Å². The average Bonchev–Trinajstić information content (AvgIpc) is 3.81. The highest BCUT2D eigenvalue weighted by Crippen LogP contribution is 2.47. The first-order valence-electron chi connectivity index (χ1n) is 20.9. The number of benzene rings is 9. The van der Waals surface area contributed by atoms with Gasteiger partial charge in [-0.2, -0.15) is 0 Å². The number of rotatable bonds is 7. The quantitative estimate of drug-likeness (QED) is 0.157. The Hall–Kier alpha value is -7.68. The number of hydrogen-bond acceptors (Lipinski definition) is 1. The van der Waals surface area contributed by atoms with Crippen molar-refractivity contribution < 1.29 is 0 Å². The van der Waals surface area contributed by atoms with Gasteiger partial charge in [0.05, 0.1) is 11.0 Å². The highest BCUT2D eigenvalue weighted by Gasteiger charge is 2.24. The first-order valence-corrected chi connectivity index (χ1v) is 20.9. The number of para-hydroxylation sites is 2. The fourth-order valence-corrected chi connectivity index (χ4v) is 8.83. The highest BCUT2D eigenvalue weighted by atomic mass is 15.1. The third-order valence-corrected chi connectivity index (χ3v) is 11.7. The summed E-state index contributed by atoms with van der Waals surface area (Å²) in [4.78, 5) is 2.36. The molecule has 0 bridgehead atoms. The second-order valence-corrected chi connectivity index (χ2v) is 15.0. The lowest BCUT2D eigenvalue weighted by Gasteiger charge is -2.26. The van der Waals surface area contributed by atoms with Crippen LogP contribution in [0.25, 0.3) is 77.6 Å². The molecule has 0 radical (unpaired) electrons. The second-order valence-electron chi connectivity index (χ2n) is 15.0. The molecule has 0 amide bonds. The molecule has 0 fully saturated rings. The first kappa shape index (κ1) is 36.6. The molecular formula is C58H44N2. The van der Waals surface area contributed by atoms with E-state index in [4.69, 9.17) is 0 Å². The van der Waals surface area contributed by atoms with Crippen LogP contribution in [-0.4, -0.2) is 4.57 Å². The van der Waals surface area contributed by atoms with E-state index in [9.17, 15) is 0 Å². The second kappa shape index (κ2) is 15.6. The van der Waals surface area contributed by atoms with Gasteiger partial charge in [-0.3, -0.25) is 0 Å². The molecule has 2 heteroatoms. The smallest absolute Gasteiger partial charge is 0.0541 e. The van der Waals surface area contributed by atoms with Gasteiger partial charge >= 0.3 is 0 Å². The van der Waals surface area contributed by atoms with Crippen LogP contribution >= 0.6 is 0 Å². The zero-order valence-corrected chi connectivity index (χ0v) is 33.9. The van der Waals surface area contributed by atoms with Gasteiger partial charge in [-0.15, -0.1) is 0 Å². The van der Waals surface area contributed by atoms with Gasteiger partial charge in [0.2, 0.25) is 0 Å². The Morgan fingerprint density at radius 3 is 1.43 bits per heavy atom. The van der Waals surface area contributed by atoms with Crippen LogP contribution < -0.4 is 4.90 Å². The predicted octanol–water partition coefficient (Wildman–Crippen LogP) is 16.3. The molecule has 60 heavy (non-hydrogen) atoms. The molecule has 0 spiro atoms. The SMILES string of the molecule is C=C1c2ccccc2-c2ccc(N(c3ccc(-c4ccc(-c5ccccc5)cc4)cc3)c3ccc(-c4ccc5c(c4)c4ccccc4n5-c4ccccc4)cc3)cc21.CC. The molecule has 1 heterocycles. The van der Waals surface area contributed by atoms with Crippen LogP contribution in [0.1, 0.15) is 25.0 Å². The van der Waals surface area contributed by atoms with Crippen LogP contribution in [0.5, 0.6) is 0 Å². The lowest BCUT2D eigenvalue weighted by Crippen LogP contribution is -2.10. The van der Waals surface area contributed by atoms with E-state index in [-0.39, 0.29) is 0 Å². The number of hydrogen-bond donors (Lipinski definition) is 0. The van der Waals surface area contributed by atoms with E-state index in [0.717, 1.165) is 22.6 Å². The van der Waals surface area contributed by atoms with Gasteiger partial charge in [0.1, 0.15) is 0 Å². The number of aromatic nitrogens is 1. The molecule has 1 aromatic heterocycles. The molecule has 0 atom stereocenters. The van der Waals surface area contributed by atoms with Gasteiger partial charge in [-0.1, -0.05) is 172 Å². The summed E-state index contributed by atoms with van der Waals surface area (Å²) in [5.74, 6) is 0. The van der Waals surface area contributed by atoms with Crippen LogP contribution in [0, 0.1) is 0 Å². The molecule has 1 aliphatic rings. The summed E-state index contributed by atoms with van der Waals surface area (Å²) in [5, 5.41) is 2.50. The van der Waals surface area contributed by atoms with Crippen LogP contribution in [0.3, 0.4) is 0 Å². The van der Waals surface area contributed by atoms with Gasteiger partial charge in [0.15, 0.2) is 0 Å². The summed E-state index contributed by atoms with van der Waals surface area (Å²) in [6.45, 7) is 8.54. The minimum absolute atomic E-state index is 1.07. The minimum atomic E-state index is 1.07. The van der Waals surface area contributed by atoms with E-state index in [2.05, 4.69) is 234 Å². The first-order chi connectivity index (χ1) is 29.7. The van der Waals surface area contributed by atoms with Crippen molar-refractivity contribution in [3.05, 3.63) is 236 Å². The summed E-state index contributed by atoms with van der Waals surface area (Å²) < 4.78 is 2.37. The highest BCUT2D eigenvalue weighted by molar-refractivity contribution is 6.10. The summed E-state index contributed by atoms with van der Waals surface area (Å²) in [6, 6.07) is 78.9. The molecule has 0 N–H and O–H groups in total. The van der Waals surface area contributed by atoms with Crippen molar-refractivity contribution in [1.29, 1.82) is 0 Å². The van der Waals surface area contributed by atoms with E-state index in [1.807, 2.05) is 13.8 Å². The monoisotopic (exact) mass is 768 g/mol. The molecule has 2 nitrogen and oxygen atoms in total. The number of fused-ring (bicyclic) bond motifs is 6. The Morgan fingerprint density at radius 2 is 0.783 bits per heavy atom. The molecule has 286 valence electrons. The average molecular weight is 769 g/mol. The molecule has 11 rings (SSSR count). The van der Waals surface area contributed by atoms with Gasteiger partial charge < -0.3 is 9.47 Å². The fourth-order valence-electron chi connectivity index (χ4n) is 8.83. The molecule has 9 aromatic carbocycles. The molecular weight excluding hydrogens is 725 g/mol. The molecule has 1 aliphatic carbocycles. The Bertz CT molecular complexity index is 3140. The van der Waals surface area contributed by atoms with E-state index in [1.54, 1.807) is 0 Å². The normalized spacial score (nSPS) is 11.5. The third-order valence-electron chi connectivity index (χ3n) is 11.7. The van der Waals surface area contributed by atoms with E-state index < -0.39 is 0 Å².